The molecule has 1 amide bonds. The van der Waals surface area contributed by atoms with E-state index >= 15 is 0 Å². The van der Waals surface area contributed by atoms with Crippen LogP contribution in [-0.4, -0.2) is 14.3 Å². The van der Waals surface area contributed by atoms with Crippen LogP contribution in [-0.2, 0) is 10.0 Å². The first-order chi connectivity index (χ1) is 12.4. The molecule has 0 unspecified atom stereocenters. The van der Waals surface area contributed by atoms with Gasteiger partial charge in [0.05, 0.1) is 10.6 Å². The van der Waals surface area contributed by atoms with Crippen LogP contribution in [0.3, 0.4) is 0 Å². The zero-order valence-electron chi connectivity index (χ0n) is 13.8. The third-order valence-corrected chi connectivity index (χ3v) is 6.08. The highest BCUT2D eigenvalue weighted by Crippen LogP contribution is 2.43. The number of halogens is 1. The highest BCUT2D eigenvalue weighted by molar-refractivity contribution is 7.93. The van der Waals surface area contributed by atoms with Gasteiger partial charge in [0.25, 0.3) is 15.9 Å². The lowest BCUT2D eigenvalue weighted by Gasteiger charge is -2.30. The minimum Gasteiger partial charge on any atom is -0.268 e. The SMILES string of the molecule is Cc1ccc2c(c1)-c1ccccc1S(=O)(=O)N2C(=O)c1cccc(F)c1. The zero-order valence-corrected chi connectivity index (χ0v) is 14.6. The number of hydrogen-bond acceptors (Lipinski definition) is 3. The summed E-state index contributed by atoms with van der Waals surface area (Å²) in [5, 5.41) is 0. The summed E-state index contributed by atoms with van der Waals surface area (Å²) in [6.45, 7) is 1.89. The Labute approximate surface area is 150 Å². The number of benzene rings is 3. The second-order valence-corrected chi connectivity index (χ2v) is 7.86. The molecule has 0 N–H and O–H groups in total. The lowest BCUT2D eigenvalue weighted by molar-refractivity contribution is 0.100. The number of anilines is 1. The number of carbonyl (C=O) groups is 1. The number of amides is 1. The third kappa shape index (κ3) is 2.42. The molecule has 4 rings (SSSR count). The maximum atomic E-state index is 13.6. The van der Waals surface area contributed by atoms with Crippen LogP contribution in [0.2, 0.25) is 0 Å². The predicted octanol–water partition coefficient (Wildman–Crippen LogP) is 4.15. The van der Waals surface area contributed by atoms with Crippen molar-refractivity contribution in [3.63, 3.8) is 0 Å². The lowest BCUT2D eigenvalue weighted by atomic mass is 10.0. The minimum atomic E-state index is -4.11. The number of rotatable bonds is 1. The van der Waals surface area contributed by atoms with E-state index in [9.17, 15) is 17.6 Å². The molecule has 3 aromatic rings. The molecule has 6 heteroatoms. The number of fused-ring (bicyclic) bond motifs is 3. The van der Waals surface area contributed by atoms with Gasteiger partial charge >= 0.3 is 0 Å². The fraction of sp³-hybridized carbons (Fsp3) is 0.0500. The average molecular weight is 367 g/mol. The van der Waals surface area contributed by atoms with E-state index in [0.29, 0.717) is 11.1 Å². The summed E-state index contributed by atoms with van der Waals surface area (Å²) < 4.78 is 40.6. The Hall–Kier alpha value is -2.99. The first-order valence-electron chi connectivity index (χ1n) is 7.95. The summed E-state index contributed by atoms with van der Waals surface area (Å²) in [5.74, 6) is -1.39. The number of nitrogens with zero attached hydrogens (tertiary/aromatic N) is 1. The van der Waals surface area contributed by atoms with Crippen molar-refractivity contribution >= 4 is 21.6 Å². The molecule has 3 aromatic carbocycles. The van der Waals surface area contributed by atoms with Crippen molar-refractivity contribution in [2.75, 3.05) is 4.31 Å². The normalized spacial score (nSPS) is 14.5. The highest BCUT2D eigenvalue weighted by Gasteiger charge is 2.39. The summed E-state index contributed by atoms with van der Waals surface area (Å²) in [7, 11) is -4.11. The van der Waals surface area contributed by atoms with E-state index in [2.05, 4.69) is 0 Å². The summed E-state index contributed by atoms with van der Waals surface area (Å²) in [6, 6.07) is 16.8. The van der Waals surface area contributed by atoms with Crippen LogP contribution >= 0.6 is 0 Å². The van der Waals surface area contributed by atoms with Crippen molar-refractivity contribution in [3.05, 3.63) is 83.7 Å². The van der Waals surface area contributed by atoms with E-state index in [1.54, 1.807) is 30.3 Å². The van der Waals surface area contributed by atoms with E-state index in [-0.39, 0.29) is 16.1 Å². The Morgan fingerprint density at radius 1 is 0.923 bits per heavy atom. The molecule has 0 atom stereocenters. The monoisotopic (exact) mass is 367 g/mol. The van der Waals surface area contributed by atoms with E-state index < -0.39 is 21.7 Å². The fourth-order valence-corrected chi connectivity index (χ4v) is 4.79. The molecule has 1 aliphatic heterocycles. The summed E-state index contributed by atoms with van der Waals surface area (Å²) in [6.07, 6.45) is 0. The maximum absolute atomic E-state index is 13.6. The van der Waals surface area contributed by atoms with Crippen molar-refractivity contribution in [3.8, 4) is 11.1 Å². The Balaban J connectivity index is 2.00. The van der Waals surface area contributed by atoms with Crippen molar-refractivity contribution in [2.45, 2.75) is 11.8 Å². The molecule has 4 nitrogen and oxygen atoms in total. The molecule has 0 aliphatic carbocycles. The van der Waals surface area contributed by atoms with Crippen LogP contribution in [0.1, 0.15) is 15.9 Å². The molecular weight excluding hydrogens is 353 g/mol. The lowest BCUT2D eigenvalue weighted by Crippen LogP contribution is -2.39. The van der Waals surface area contributed by atoms with Gasteiger partial charge in [0.15, 0.2) is 0 Å². The second kappa shape index (κ2) is 5.78. The van der Waals surface area contributed by atoms with Gasteiger partial charge in [-0.25, -0.2) is 12.8 Å². The number of aryl methyl sites for hydroxylation is 1. The topological polar surface area (TPSA) is 54.5 Å². The van der Waals surface area contributed by atoms with Crippen LogP contribution in [0.5, 0.6) is 0 Å². The molecule has 0 radical (unpaired) electrons. The Morgan fingerprint density at radius 3 is 2.46 bits per heavy atom. The number of hydrogen-bond donors (Lipinski definition) is 0. The molecule has 0 fully saturated rings. The van der Waals surface area contributed by atoms with Crippen LogP contribution in [0.15, 0.2) is 71.6 Å². The van der Waals surface area contributed by atoms with Crippen molar-refractivity contribution in [1.29, 1.82) is 0 Å². The highest BCUT2D eigenvalue weighted by atomic mass is 32.2. The van der Waals surface area contributed by atoms with E-state index in [4.69, 9.17) is 0 Å². The maximum Gasteiger partial charge on any atom is 0.272 e. The standard InChI is InChI=1S/C20H14FNO3S/c1-13-9-10-18-17(11-13)16-7-2-3-8-19(16)26(24,25)22(18)20(23)14-5-4-6-15(21)12-14/h2-12H,1H3. The van der Waals surface area contributed by atoms with Crippen LogP contribution < -0.4 is 4.31 Å². The molecule has 0 aromatic heterocycles. The fourth-order valence-electron chi connectivity index (χ4n) is 3.14. The van der Waals surface area contributed by atoms with Gasteiger partial charge in [-0.05, 0) is 43.3 Å². The van der Waals surface area contributed by atoms with Gasteiger partial charge in [0, 0.05) is 16.7 Å². The molecule has 1 aliphatic rings. The molecule has 26 heavy (non-hydrogen) atoms. The first-order valence-corrected chi connectivity index (χ1v) is 9.39. The van der Waals surface area contributed by atoms with Gasteiger partial charge in [0.2, 0.25) is 0 Å². The Bertz CT molecular complexity index is 1160. The molecule has 0 saturated heterocycles. The van der Waals surface area contributed by atoms with Gasteiger partial charge in [-0.1, -0.05) is 35.9 Å². The molecular formula is C20H14FNO3S. The van der Waals surface area contributed by atoms with Crippen LogP contribution in [0.4, 0.5) is 10.1 Å². The number of carbonyl (C=O) groups excluding carboxylic acids is 1. The first kappa shape index (κ1) is 16.5. The second-order valence-electron chi connectivity index (χ2n) is 6.10. The van der Waals surface area contributed by atoms with Crippen molar-refractivity contribution < 1.29 is 17.6 Å². The zero-order chi connectivity index (χ0) is 18.5. The van der Waals surface area contributed by atoms with E-state index in [1.165, 1.54) is 24.3 Å². The molecule has 130 valence electrons. The molecule has 0 bridgehead atoms. The van der Waals surface area contributed by atoms with Gasteiger partial charge in [-0.2, -0.15) is 4.31 Å². The largest absolute Gasteiger partial charge is 0.272 e. The minimum absolute atomic E-state index is 0.0283. The summed E-state index contributed by atoms with van der Waals surface area (Å²) in [4.78, 5) is 13.1. The van der Waals surface area contributed by atoms with Crippen LogP contribution in [0.25, 0.3) is 11.1 Å². The van der Waals surface area contributed by atoms with Gasteiger partial charge in [-0.15, -0.1) is 0 Å². The number of sulfonamides is 1. The molecule has 0 saturated carbocycles. The molecule has 1 heterocycles. The van der Waals surface area contributed by atoms with Gasteiger partial charge in [0.1, 0.15) is 5.82 Å². The van der Waals surface area contributed by atoms with Gasteiger partial charge in [-0.3, -0.25) is 4.79 Å². The third-order valence-electron chi connectivity index (χ3n) is 4.32. The van der Waals surface area contributed by atoms with Crippen LogP contribution in [0, 0.1) is 12.7 Å². The quantitative estimate of drug-likeness (QED) is 0.649. The smallest absolute Gasteiger partial charge is 0.268 e. The summed E-state index contributed by atoms with van der Waals surface area (Å²) >= 11 is 0. The Morgan fingerprint density at radius 2 is 1.69 bits per heavy atom. The van der Waals surface area contributed by atoms with Gasteiger partial charge < -0.3 is 0 Å². The van der Waals surface area contributed by atoms with E-state index in [1.807, 2.05) is 13.0 Å². The average Bonchev–Trinajstić information content (AvgIpc) is 2.62. The van der Waals surface area contributed by atoms with E-state index in [0.717, 1.165) is 15.9 Å². The van der Waals surface area contributed by atoms with Crippen molar-refractivity contribution in [1.82, 2.24) is 0 Å². The summed E-state index contributed by atoms with van der Waals surface area (Å²) in [5.41, 5.74) is 2.38. The van der Waals surface area contributed by atoms with Crippen molar-refractivity contribution in [2.24, 2.45) is 0 Å². The molecule has 0 spiro atoms. The Kier molecular flexibility index (Phi) is 3.66. The predicted molar refractivity (Wildman–Crippen MR) is 97.0 cm³/mol.